The van der Waals surface area contributed by atoms with Crippen molar-refractivity contribution in [3.8, 4) is 0 Å². The molecule has 154 valence electrons. The zero-order chi connectivity index (χ0) is 20.8. The van der Waals surface area contributed by atoms with Gasteiger partial charge in [0.25, 0.3) is 0 Å². The summed E-state index contributed by atoms with van der Waals surface area (Å²) < 4.78 is 0. The molecule has 2 atom stereocenters. The van der Waals surface area contributed by atoms with Crippen molar-refractivity contribution in [3.05, 3.63) is 41.6 Å². The summed E-state index contributed by atoms with van der Waals surface area (Å²) in [6.45, 7) is 7.65. The van der Waals surface area contributed by atoms with Gasteiger partial charge < -0.3 is 9.88 Å². The maximum Gasteiger partial charge on any atom is 0.241 e. The second kappa shape index (κ2) is 7.45. The summed E-state index contributed by atoms with van der Waals surface area (Å²) in [5.74, 6) is -0.00692. The van der Waals surface area contributed by atoms with Gasteiger partial charge in [0.15, 0.2) is 5.78 Å². The summed E-state index contributed by atoms with van der Waals surface area (Å²) in [6, 6.07) is 6.47. The minimum atomic E-state index is -1.10. The zero-order valence-electron chi connectivity index (χ0n) is 17.9. The molecule has 0 saturated heterocycles. The quantitative estimate of drug-likeness (QED) is 0.762. The number of Topliss-reactive ketones (excluding diaryl/α,β-unsaturated/α-hetero) is 1. The lowest BCUT2D eigenvalue weighted by Gasteiger charge is -2.45. The Balaban J connectivity index is 1.93. The van der Waals surface area contributed by atoms with Crippen molar-refractivity contribution in [1.82, 2.24) is 14.8 Å². The number of ketones is 1. The van der Waals surface area contributed by atoms with E-state index in [1.165, 1.54) is 10.9 Å². The van der Waals surface area contributed by atoms with E-state index in [-0.39, 0.29) is 17.7 Å². The highest BCUT2D eigenvalue weighted by molar-refractivity contribution is 6.11. The lowest BCUT2D eigenvalue weighted by Crippen LogP contribution is -2.57. The SMILES string of the molecule is CCCC(=O)[C@@]1(C(=O)N(CC)CC)C=C2c3cccc4[nH]cc(c34)C[C@H]2N(C)C1. The molecule has 0 bridgehead atoms. The molecule has 0 spiro atoms. The van der Waals surface area contributed by atoms with Gasteiger partial charge in [-0.3, -0.25) is 14.5 Å². The van der Waals surface area contributed by atoms with Crippen LogP contribution < -0.4 is 0 Å². The first-order valence-electron chi connectivity index (χ1n) is 10.8. The van der Waals surface area contributed by atoms with Gasteiger partial charge in [-0.25, -0.2) is 0 Å². The van der Waals surface area contributed by atoms with Crippen molar-refractivity contribution in [2.75, 3.05) is 26.7 Å². The second-order valence-corrected chi connectivity index (χ2v) is 8.40. The Labute approximate surface area is 172 Å². The zero-order valence-corrected chi connectivity index (χ0v) is 17.9. The molecule has 1 N–H and O–H groups in total. The van der Waals surface area contributed by atoms with Crippen molar-refractivity contribution < 1.29 is 9.59 Å². The van der Waals surface area contributed by atoms with Gasteiger partial charge in [-0.1, -0.05) is 25.1 Å². The van der Waals surface area contributed by atoms with Crippen LogP contribution in [0, 0.1) is 5.41 Å². The summed E-state index contributed by atoms with van der Waals surface area (Å²) in [4.78, 5) is 34.5. The molecule has 1 aliphatic heterocycles. The molecule has 0 unspecified atom stereocenters. The Bertz CT molecular complexity index is 985. The number of amides is 1. The normalized spacial score (nSPS) is 23.6. The van der Waals surface area contributed by atoms with Gasteiger partial charge in [0.1, 0.15) is 5.41 Å². The Kier molecular flexibility index (Phi) is 5.11. The Morgan fingerprint density at radius 1 is 1.24 bits per heavy atom. The lowest BCUT2D eigenvalue weighted by atomic mass is 9.70. The number of rotatable bonds is 6. The third kappa shape index (κ3) is 2.94. The van der Waals surface area contributed by atoms with Crippen LogP contribution in [0.2, 0.25) is 0 Å². The average molecular weight is 394 g/mol. The van der Waals surface area contributed by atoms with Crippen LogP contribution in [-0.2, 0) is 16.0 Å². The molecule has 5 nitrogen and oxygen atoms in total. The first-order valence-corrected chi connectivity index (χ1v) is 10.8. The number of benzene rings is 1. The topological polar surface area (TPSA) is 56.4 Å². The van der Waals surface area contributed by atoms with E-state index >= 15 is 0 Å². The fourth-order valence-electron chi connectivity index (χ4n) is 5.20. The highest BCUT2D eigenvalue weighted by atomic mass is 16.2. The minimum Gasteiger partial charge on any atom is -0.361 e. The van der Waals surface area contributed by atoms with Gasteiger partial charge in [-0.05, 0) is 56.5 Å². The summed E-state index contributed by atoms with van der Waals surface area (Å²) in [5.41, 5.74) is 3.61. The van der Waals surface area contributed by atoms with Crippen LogP contribution in [0.3, 0.4) is 0 Å². The molecular formula is C24H31N3O2. The number of hydrogen-bond acceptors (Lipinski definition) is 3. The Hall–Kier alpha value is -2.40. The van der Waals surface area contributed by atoms with Crippen molar-refractivity contribution in [2.24, 2.45) is 5.41 Å². The lowest BCUT2D eigenvalue weighted by molar-refractivity contribution is -0.148. The molecule has 5 heteroatoms. The van der Waals surface area contributed by atoms with Gasteiger partial charge in [-0.2, -0.15) is 0 Å². The number of fused-ring (bicyclic) bond motifs is 2. The van der Waals surface area contributed by atoms with Crippen LogP contribution >= 0.6 is 0 Å². The van der Waals surface area contributed by atoms with E-state index in [1.807, 2.05) is 31.7 Å². The van der Waals surface area contributed by atoms with E-state index in [2.05, 4.69) is 41.3 Å². The van der Waals surface area contributed by atoms with Crippen molar-refractivity contribution in [3.63, 3.8) is 0 Å². The maximum absolute atomic E-state index is 13.7. The van der Waals surface area contributed by atoms with E-state index < -0.39 is 5.41 Å². The predicted octanol–water partition coefficient (Wildman–Crippen LogP) is 3.65. The number of nitrogens with one attached hydrogen (secondary N) is 1. The first kappa shape index (κ1) is 19.9. The van der Waals surface area contributed by atoms with Crippen molar-refractivity contribution in [2.45, 2.75) is 46.1 Å². The van der Waals surface area contributed by atoms with Crippen LogP contribution in [-0.4, -0.2) is 59.2 Å². The fourth-order valence-corrected chi connectivity index (χ4v) is 5.20. The number of aromatic nitrogens is 1. The number of hydrogen-bond donors (Lipinski definition) is 1. The molecule has 1 aromatic carbocycles. The first-order chi connectivity index (χ1) is 14.0. The van der Waals surface area contributed by atoms with E-state index in [0.717, 1.165) is 29.5 Å². The number of H-pyrrole nitrogens is 1. The Morgan fingerprint density at radius 2 is 2.00 bits per heavy atom. The highest BCUT2D eigenvalue weighted by Gasteiger charge is 2.50. The summed E-state index contributed by atoms with van der Waals surface area (Å²) >= 11 is 0. The summed E-state index contributed by atoms with van der Waals surface area (Å²) in [7, 11) is 2.05. The number of nitrogens with zero attached hydrogens (tertiary/aromatic N) is 2. The summed E-state index contributed by atoms with van der Waals surface area (Å²) in [6.07, 6.45) is 6.22. The van der Waals surface area contributed by atoms with Crippen LogP contribution in [0.25, 0.3) is 16.5 Å². The number of carbonyl (C=O) groups is 2. The van der Waals surface area contributed by atoms with Crippen molar-refractivity contribution in [1.29, 1.82) is 0 Å². The molecule has 0 radical (unpaired) electrons. The smallest absolute Gasteiger partial charge is 0.241 e. The number of carbonyl (C=O) groups excluding carboxylic acids is 2. The van der Waals surface area contributed by atoms with Gasteiger partial charge >= 0.3 is 0 Å². The van der Waals surface area contributed by atoms with Crippen molar-refractivity contribution >= 4 is 28.2 Å². The van der Waals surface area contributed by atoms with E-state index in [4.69, 9.17) is 0 Å². The summed E-state index contributed by atoms with van der Waals surface area (Å²) in [5, 5.41) is 1.23. The van der Waals surface area contributed by atoms with Gasteiger partial charge in [0.05, 0.1) is 0 Å². The van der Waals surface area contributed by atoms with Crippen LogP contribution in [0.15, 0.2) is 30.5 Å². The number of aromatic amines is 1. The molecule has 2 aliphatic rings. The Morgan fingerprint density at radius 3 is 2.69 bits per heavy atom. The molecular weight excluding hydrogens is 362 g/mol. The second-order valence-electron chi connectivity index (χ2n) is 8.40. The highest BCUT2D eigenvalue weighted by Crippen LogP contribution is 2.45. The molecule has 29 heavy (non-hydrogen) atoms. The molecule has 4 rings (SSSR count). The molecule has 1 amide bonds. The standard InChI is InChI=1S/C24H31N3O2/c1-5-9-21(28)24(23(29)27(6-2)7-3)13-18-17-10-8-11-19-22(17)16(14-25-19)12-20(18)26(4)15-24/h8,10-11,13-14,20,25H,5-7,9,12,15H2,1-4H3/t20-,24-/m1/s1. The largest absolute Gasteiger partial charge is 0.361 e. The monoisotopic (exact) mass is 393 g/mol. The third-order valence-corrected chi connectivity index (χ3v) is 6.71. The average Bonchev–Trinajstić information content (AvgIpc) is 3.14. The third-order valence-electron chi connectivity index (χ3n) is 6.71. The van der Waals surface area contributed by atoms with E-state index in [9.17, 15) is 9.59 Å². The molecule has 1 aromatic heterocycles. The molecule has 2 heterocycles. The van der Waals surface area contributed by atoms with Crippen LogP contribution in [0.5, 0.6) is 0 Å². The fraction of sp³-hybridized carbons (Fsp3) is 0.500. The van der Waals surface area contributed by atoms with Gasteiger partial charge in [0, 0.05) is 49.2 Å². The molecule has 0 saturated carbocycles. The maximum atomic E-state index is 13.7. The molecule has 0 fully saturated rings. The van der Waals surface area contributed by atoms with E-state index in [1.54, 1.807) is 0 Å². The minimum absolute atomic E-state index is 0.0433. The van der Waals surface area contributed by atoms with Crippen LogP contribution in [0.4, 0.5) is 0 Å². The van der Waals surface area contributed by atoms with Gasteiger partial charge in [0.2, 0.25) is 5.91 Å². The van der Waals surface area contributed by atoms with Crippen LogP contribution in [0.1, 0.15) is 44.7 Å². The number of likely N-dealkylation sites (N-methyl/N-ethyl adjacent to an activating group) is 1. The molecule has 2 aromatic rings. The van der Waals surface area contributed by atoms with E-state index in [0.29, 0.717) is 26.1 Å². The van der Waals surface area contributed by atoms with Gasteiger partial charge in [-0.15, -0.1) is 0 Å². The predicted molar refractivity (Wildman–Crippen MR) is 117 cm³/mol. The molecule has 1 aliphatic carbocycles.